The van der Waals surface area contributed by atoms with Gasteiger partial charge in [0.15, 0.2) is 29.8 Å². The van der Waals surface area contributed by atoms with Crippen molar-refractivity contribution < 1.29 is 99.5 Å². The van der Waals surface area contributed by atoms with Crippen molar-refractivity contribution in [2.24, 2.45) is 0 Å². The molecule has 14 N–H and O–H groups in total. The number of aromatic hydroxyl groups is 5. The highest BCUT2D eigenvalue weighted by molar-refractivity contribution is 5.69. The summed E-state index contributed by atoms with van der Waals surface area (Å²) in [4.78, 5) is 0. The van der Waals surface area contributed by atoms with E-state index in [9.17, 15) is 66.4 Å². The number of phenolic OH excluding ortho intramolecular Hbond substituents is 4. The highest BCUT2D eigenvalue weighted by atomic mass is 16.7. The van der Waals surface area contributed by atoms with Gasteiger partial charge >= 0.3 is 0 Å². The third-order valence-electron chi connectivity index (χ3n) is 9.51. The number of hydrogen-bond acceptors (Lipinski definition) is 19. The topological polar surface area (TPSA) is 331 Å². The second-order valence-corrected chi connectivity index (χ2v) is 13.2. The first-order valence-electron chi connectivity index (χ1n) is 16.5. The van der Waals surface area contributed by atoms with Crippen LogP contribution in [0.15, 0.2) is 36.1 Å². The van der Waals surface area contributed by atoms with Gasteiger partial charge in [0, 0.05) is 12.1 Å². The molecular formula is C33H43O20+. The third kappa shape index (κ3) is 7.83. The molecule has 0 amide bonds. The molecule has 1 unspecified atom stereocenters. The fourth-order valence-electron chi connectivity index (χ4n) is 6.34. The molecule has 16 atom stereocenters. The van der Waals surface area contributed by atoms with Gasteiger partial charge in [-0.05, 0) is 25.1 Å². The Hall–Kier alpha value is -3.58. The van der Waals surface area contributed by atoms with Crippen molar-refractivity contribution in [3.05, 3.63) is 47.2 Å². The van der Waals surface area contributed by atoms with E-state index < -0.39 is 123 Å². The molecule has 6 rings (SSSR count). The van der Waals surface area contributed by atoms with Crippen LogP contribution in [-0.4, -0.2) is 176 Å². The molecule has 294 valence electrons. The lowest BCUT2D eigenvalue weighted by Gasteiger charge is -2.44. The first-order chi connectivity index (χ1) is 25.0. The second kappa shape index (κ2) is 15.6. The van der Waals surface area contributed by atoms with E-state index in [2.05, 4.69) is 4.74 Å². The minimum absolute atomic E-state index is 0.0957. The van der Waals surface area contributed by atoms with E-state index in [4.69, 9.17) is 28.4 Å². The van der Waals surface area contributed by atoms with Crippen LogP contribution in [-0.2, 0) is 28.4 Å². The third-order valence-corrected chi connectivity index (χ3v) is 9.51. The van der Waals surface area contributed by atoms with Crippen molar-refractivity contribution in [2.45, 2.75) is 105 Å². The molecular weight excluding hydrogens is 716 g/mol. The maximum atomic E-state index is 10.9. The van der Waals surface area contributed by atoms with Crippen molar-refractivity contribution in [3.63, 3.8) is 0 Å². The standard InChI is InChI=1S/C33H42O20/c1-10-21(38)24(41)27(44)31(49-10)47-8-19-22(39)25(42)28(45)32(52-19)48-9-20-23(40)26(43)29(46)33(53-20)51-18-7-13-15(36)5-12(34)6-17(13)50-30(18)11-2-3-14(35)16(37)4-11/h2-7,10,19-46H,8-9H2,1H3/p+1/t10-,19+,20+,21-,22+,23+,24+,25-,26-,27+,28+,29+,30?,31+,32+,33+/m0/s1. The zero-order valence-corrected chi connectivity index (χ0v) is 27.8. The van der Waals surface area contributed by atoms with Gasteiger partial charge in [-0.15, -0.1) is 0 Å². The quantitative estimate of drug-likeness (QED) is 0.0865. The summed E-state index contributed by atoms with van der Waals surface area (Å²) in [7, 11) is 0. The van der Waals surface area contributed by atoms with Gasteiger partial charge < -0.3 is 99.5 Å². The van der Waals surface area contributed by atoms with Crippen LogP contribution >= 0.6 is 0 Å². The summed E-state index contributed by atoms with van der Waals surface area (Å²) in [5.74, 6) is -1.61. The summed E-state index contributed by atoms with van der Waals surface area (Å²) >= 11 is 0. The maximum Gasteiger partial charge on any atom is 0.270 e. The number of ether oxygens (including phenoxy) is 7. The Kier molecular flexibility index (Phi) is 11.5. The summed E-state index contributed by atoms with van der Waals surface area (Å²) in [6.07, 6.45) is -24.3. The maximum absolute atomic E-state index is 10.9. The van der Waals surface area contributed by atoms with E-state index in [-0.39, 0.29) is 34.1 Å². The molecule has 0 bridgehead atoms. The zero-order chi connectivity index (χ0) is 38.5. The summed E-state index contributed by atoms with van der Waals surface area (Å²) in [5, 5.41) is 135. The van der Waals surface area contributed by atoms with Gasteiger partial charge in [0.1, 0.15) is 84.2 Å². The van der Waals surface area contributed by atoms with Gasteiger partial charge in [0.2, 0.25) is 6.29 Å². The lowest BCUT2D eigenvalue weighted by atomic mass is 9.98. The average molecular weight is 760 g/mol. The number of benzene rings is 2. The number of phenols is 4. The molecule has 3 fully saturated rings. The Balaban J connectivity index is 1.16. The van der Waals surface area contributed by atoms with Gasteiger partial charge in [-0.3, -0.25) is 0 Å². The molecule has 0 aliphatic carbocycles. The fourth-order valence-corrected chi connectivity index (χ4v) is 6.34. The Morgan fingerprint density at radius 3 is 1.74 bits per heavy atom. The zero-order valence-electron chi connectivity index (χ0n) is 27.8. The van der Waals surface area contributed by atoms with E-state index in [1.54, 1.807) is 0 Å². The van der Waals surface area contributed by atoms with Crippen molar-refractivity contribution in [2.75, 3.05) is 13.2 Å². The Labute approximate surface area is 300 Å². The van der Waals surface area contributed by atoms with Gasteiger partial charge in [0.25, 0.3) is 11.9 Å². The second-order valence-electron chi connectivity index (χ2n) is 13.2. The molecule has 20 nitrogen and oxygen atoms in total. The lowest BCUT2D eigenvalue weighted by Crippen LogP contribution is -2.62. The lowest BCUT2D eigenvalue weighted by molar-refractivity contribution is -0.339. The summed E-state index contributed by atoms with van der Waals surface area (Å²) in [5.41, 5.74) is 0.347. The minimum Gasteiger partial charge on any atom is -0.571 e. The van der Waals surface area contributed by atoms with E-state index in [0.29, 0.717) is 0 Å². The van der Waals surface area contributed by atoms with Crippen LogP contribution in [0, 0.1) is 0 Å². The van der Waals surface area contributed by atoms with Crippen LogP contribution in [0.25, 0.3) is 6.08 Å². The summed E-state index contributed by atoms with van der Waals surface area (Å²) < 4.78 is 38.2. The molecule has 4 aliphatic rings. The Morgan fingerprint density at radius 2 is 1.13 bits per heavy atom. The summed E-state index contributed by atoms with van der Waals surface area (Å²) in [6, 6.07) is 6.07. The van der Waals surface area contributed by atoms with Crippen LogP contribution in [0.1, 0.15) is 24.2 Å². The van der Waals surface area contributed by atoms with Crippen molar-refractivity contribution in [1.29, 1.82) is 0 Å². The first-order valence-corrected chi connectivity index (χ1v) is 16.5. The molecule has 0 spiro atoms. The SMILES string of the molecule is C[C@@H]1O[C@@H](OC[C@H]2O[C@@H](OC[C@H]3O[C@@H](OC4=Cc5c(O)cc(O)cc5[OH+]C4c4ccc(O)c(O)c4)[C@H](O)[C@@H](O)[C@@H]3O)[C@H](O)[C@@H](O)[C@@H]2O)[C@H](O)[C@H](O)[C@H]1O. The molecule has 3 saturated heterocycles. The van der Waals surface area contributed by atoms with Crippen LogP contribution in [0.3, 0.4) is 0 Å². The molecule has 0 radical (unpaired) electrons. The number of aliphatic hydroxyl groups excluding tert-OH is 9. The van der Waals surface area contributed by atoms with Crippen molar-refractivity contribution in [3.8, 4) is 28.7 Å². The molecule has 20 heteroatoms. The predicted octanol–water partition coefficient (Wildman–Crippen LogP) is -3.66. The number of rotatable bonds is 9. The highest BCUT2D eigenvalue weighted by Gasteiger charge is 2.50. The molecule has 2 aromatic carbocycles. The van der Waals surface area contributed by atoms with E-state index in [0.717, 1.165) is 6.07 Å². The van der Waals surface area contributed by atoms with Crippen LogP contribution < -0.4 is 0 Å². The Bertz CT molecular complexity index is 1620. The predicted molar refractivity (Wildman–Crippen MR) is 171 cm³/mol. The number of fused-ring (bicyclic) bond motifs is 1. The normalized spacial score (nSPS) is 40.2. The Morgan fingerprint density at radius 1 is 0.585 bits per heavy atom. The van der Waals surface area contributed by atoms with Crippen LogP contribution in [0.5, 0.6) is 28.7 Å². The largest absolute Gasteiger partial charge is 0.571 e. The van der Waals surface area contributed by atoms with Crippen LogP contribution in [0.2, 0.25) is 0 Å². The number of aliphatic hydroxyl groups is 10. The van der Waals surface area contributed by atoms with Gasteiger partial charge in [-0.2, -0.15) is 0 Å². The molecule has 53 heavy (non-hydrogen) atoms. The van der Waals surface area contributed by atoms with Gasteiger partial charge in [0.05, 0.1) is 30.9 Å². The molecule has 4 heterocycles. The van der Waals surface area contributed by atoms with Crippen molar-refractivity contribution in [1.82, 2.24) is 0 Å². The van der Waals surface area contributed by atoms with E-state index in [1.807, 2.05) is 0 Å². The van der Waals surface area contributed by atoms with Gasteiger partial charge in [-0.25, -0.2) is 0 Å². The first kappa shape index (κ1) is 39.1. The van der Waals surface area contributed by atoms with E-state index in [1.165, 1.54) is 37.3 Å². The number of hydrogen-bond donors (Lipinski definition) is 13. The average Bonchev–Trinajstić information content (AvgIpc) is 3.12. The molecule has 0 saturated carbocycles. The minimum atomic E-state index is -1.90. The molecule has 0 aromatic heterocycles. The fraction of sp³-hybridized carbons (Fsp3) is 0.576. The van der Waals surface area contributed by atoms with Crippen molar-refractivity contribution >= 4 is 6.08 Å². The monoisotopic (exact) mass is 759 g/mol. The molecule has 2 aromatic rings. The van der Waals surface area contributed by atoms with Crippen LogP contribution in [0.4, 0.5) is 0 Å². The summed E-state index contributed by atoms with van der Waals surface area (Å²) in [6.45, 7) is 0.192. The highest BCUT2D eigenvalue weighted by Crippen LogP contribution is 2.46. The smallest absolute Gasteiger partial charge is 0.270 e. The molecule has 4 aliphatic heterocycles. The van der Waals surface area contributed by atoms with Gasteiger partial charge in [-0.1, -0.05) is 0 Å². The van der Waals surface area contributed by atoms with E-state index >= 15 is 0 Å².